The van der Waals surface area contributed by atoms with Crippen LogP contribution in [-0.4, -0.2) is 0 Å². The van der Waals surface area contributed by atoms with Crippen molar-refractivity contribution in [3.05, 3.63) is 417 Å². The molecular weight excluding hydrogens is 985 g/mol. The highest BCUT2D eigenvalue weighted by molar-refractivity contribution is 6.21. The molecule has 0 spiro atoms. The summed E-state index contributed by atoms with van der Waals surface area (Å²) < 4.78 is 0. The molecule has 4 aliphatic carbocycles. The predicted octanol–water partition coefficient (Wildman–Crippen LogP) is 19.2. The normalized spacial score (nSPS) is 16.1. The van der Waals surface area contributed by atoms with Crippen molar-refractivity contribution in [2.45, 2.75) is 21.7 Å². The summed E-state index contributed by atoms with van der Waals surface area (Å²) in [7, 11) is 0. The molecule has 0 atom stereocenters. The van der Waals surface area contributed by atoms with Gasteiger partial charge in [0.2, 0.25) is 0 Å². The average molecular weight is 1040 g/mol. The second kappa shape index (κ2) is 17.7. The zero-order valence-corrected chi connectivity index (χ0v) is 45.2. The van der Waals surface area contributed by atoms with Crippen molar-refractivity contribution in [1.82, 2.24) is 0 Å². The van der Waals surface area contributed by atoms with Crippen LogP contribution < -0.4 is 0 Å². The van der Waals surface area contributed by atoms with E-state index in [1.807, 2.05) is 0 Å². The molecule has 0 nitrogen and oxygen atoms in total. The van der Waals surface area contributed by atoms with Gasteiger partial charge in [-0.2, -0.15) is 0 Å². The third-order valence-corrected chi connectivity index (χ3v) is 19.3. The van der Waals surface area contributed by atoms with Gasteiger partial charge in [-0.25, -0.2) is 0 Å². The topological polar surface area (TPSA) is 0 Å². The largest absolute Gasteiger partial charge is 0.0722 e. The van der Waals surface area contributed by atoms with Crippen molar-refractivity contribution in [3.8, 4) is 0 Å². The van der Waals surface area contributed by atoms with Gasteiger partial charge < -0.3 is 0 Å². The van der Waals surface area contributed by atoms with E-state index in [1.165, 1.54) is 133 Å². The number of fused-ring (bicyclic) bond motifs is 11. The first-order chi connectivity index (χ1) is 40.7. The van der Waals surface area contributed by atoms with Gasteiger partial charge in [0.15, 0.2) is 0 Å². The van der Waals surface area contributed by atoms with Crippen molar-refractivity contribution in [2.24, 2.45) is 0 Å². The summed E-state index contributed by atoms with van der Waals surface area (Å²) in [5.74, 6) is 0. The van der Waals surface area contributed by atoms with Crippen LogP contribution in [0.5, 0.6) is 0 Å². The van der Waals surface area contributed by atoms with Gasteiger partial charge in [0.1, 0.15) is 0 Å². The Balaban J connectivity index is 1.14. The summed E-state index contributed by atoms with van der Waals surface area (Å²) in [6, 6.07) is 125. The summed E-state index contributed by atoms with van der Waals surface area (Å²) in [5.41, 5.74) is 22.6. The Morgan fingerprint density at radius 2 is 0.427 bits per heavy atom. The maximum atomic E-state index is 2.74. The van der Waals surface area contributed by atoms with Crippen molar-refractivity contribution in [1.29, 1.82) is 0 Å². The van der Waals surface area contributed by atoms with Gasteiger partial charge in [0.25, 0.3) is 0 Å². The van der Waals surface area contributed by atoms with Crippen LogP contribution >= 0.6 is 0 Å². The Morgan fingerprint density at radius 3 is 0.793 bits per heavy atom. The number of benzene rings is 13. The molecular formula is C82H54. The van der Waals surface area contributed by atoms with Crippen molar-refractivity contribution in [3.63, 3.8) is 0 Å². The third kappa shape index (κ3) is 5.90. The highest BCUT2D eigenvalue weighted by Gasteiger charge is 2.64. The standard InChI is InChI=1S/C82H54/c1-9-32-58(33-10-1)79(59-34-11-2-12-35-59)71-52-57-31-26-25-30-56(57)51-68(71)76-77(79)69-53-73-70(54-72(69)81(76,62-40-17-5-18-41-62)63-42-19-6-20-43-63)78-75(80(73,60-36-13-3-14-37-60)61-38-15-4-16-39-61)67-50-49-55-29-27-28-48-66(55)74(67)82(78,64-44-21-7-22-45-64)65-46-23-8-24-47-65/h1-54H. The highest BCUT2D eigenvalue weighted by atomic mass is 14.6. The van der Waals surface area contributed by atoms with Crippen LogP contribution in [0.2, 0.25) is 0 Å². The molecule has 0 bridgehead atoms. The van der Waals surface area contributed by atoms with Crippen molar-refractivity contribution >= 4 is 43.8 Å². The van der Waals surface area contributed by atoms with E-state index in [0.717, 1.165) is 0 Å². The van der Waals surface area contributed by atoms with E-state index < -0.39 is 21.7 Å². The molecule has 0 aromatic heterocycles. The molecule has 382 valence electrons. The zero-order valence-electron chi connectivity index (χ0n) is 45.2. The Labute approximate surface area is 479 Å². The quantitative estimate of drug-likeness (QED) is 0.142. The molecule has 17 rings (SSSR count). The molecule has 0 unspecified atom stereocenters. The molecule has 0 aliphatic heterocycles. The summed E-state index contributed by atoms with van der Waals surface area (Å²) in [6.07, 6.45) is 0. The molecule has 0 heterocycles. The molecule has 82 heavy (non-hydrogen) atoms. The lowest BCUT2D eigenvalue weighted by atomic mass is 9.60. The molecule has 13 aromatic rings. The monoisotopic (exact) mass is 1040 g/mol. The van der Waals surface area contributed by atoms with E-state index in [1.54, 1.807) is 0 Å². The Bertz CT molecular complexity index is 4570. The molecule has 4 aliphatic rings. The van der Waals surface area contributed by atoms with Gasteiger partial charge in [-0.3, -0.25) is 0 Å². The second-order valence-electron chi connectivity index (χ2n) is 22.8. The third-order valence-electron chi connectivity index (χ3n) is 19.3. The zero-order chi connectivity index (χ0) is 54.0. The van der Waals surface area contributed by atoms with Crippen LogP contribution in [0.4, 0.5) is 0 Å². The highest BCUT2D eigenvalue weighted by Crippen LogP contribution is 2.75. The van der Waals surface area contributed by atoms with Gasteiger partial charge >= 0.3 is 0 Å². The van der Waals surface area contributed by atoms with E-state index in [2.05, 4.69) is 328 Å². The summed E-state index contributed by atoms with van der Waals surface area (Å²) in [6.45, 7) is 0. The van der Waals surface area contributed by atoms with Crippen molar-refractivity contribution in [2.75, 3.05) is 0 Å². The molecule has 0 saturated heterocycles. The maximum absolute atomic E-state index is 2.74. The molecule has 0 fully saturated rings. The predicted molar refractivity (Wildman–Crippen MR) is 339 cm³/mol. The summed E-state index contributed by atoms with van der Waals surface area (Å²) in [4.78, 5) is 0. The fourth-order valence-corrected chi connectivity index (χ4v) is 16.4. The van der Waals surface area contributed by atoms with E-state index in [4.69, 9.17) is 0 Å². The van der Waals surface area contributed by atoms with Gasteiger partial charge in [0, 0.05) is 0 Å². The number of hydrogen-bond acceptors (Lipinski definition) is 0. The lowest BCUT2D eigenvalue weighted by Gasteiger charge is -2.41. The minimum absolute atomic E-state index is 0.744. The Hall–Kier alpha value is -10.1. The minimum atomic E-state index is -0.795. The van der Waals surface area contributed by atoms with Gasteiger partial charge in [-0.1, -0.05) is 303 Å². The molecule has 13 aromatic carbocycles. The van der Waals surface area contributed by atoms with Gasteiger partial charge in [-0.05, 0) is 157 Å². The number of hydrogen-bond donors (Lipinski definition) is 0. The molecule has 0 heteroatoms. The van der Waals surface area contributed by atoms with Crippen LogP contribution in [0.3, 0.4) is 0 Å². The molecule has 0 amide bonds. The fourth-order valence-electron chi connectivity index (χ4n) is 16.4. The molecule has 0 N–H and O–H groups in total. The summed E-state index contributed by atoms with van der Waals surface area (Å²) in [5, 5.41) is 4.96. The smallest absolute Gasteiger partial charge is 0.0622 e. The van der Waals surface area contributed by atoms with E-state index in [9.17, 15) is 0 Å². The number of rotatable bonds is 8. The van der Waals surface area contributed by atoms with E-state index in [0.29, 0.717) is 0 Å². The second-order valence-corrected chi connectivity index (χ2v) is 22.8. The lowest BCUT2D eigenvalue weighted by molar-refractivity contribution is 0.783. The first-order valence-electron chi connectivity index (χ1n) is 28.9. The minimum Gasteiger partial charge on any atom is -0.0622 e. The van der Waals surface area contributed by atoms with Crippen LogP contribution in [-0.2, 0) is 21.7 Å². The first-order valence-corrected chi connectivity index (χ1v) is 28.9. The van der Waals surface area contributed by atoms with Crippen LogP contribution in [0.15, 0.2) is 328 Å². The molecule has 0 saturated carbocycles. The lowest BCUT2D eigenvalue weighted by Crippen LogP contribution is -2.33. The molecule has 0 radical (unpaired) electrons. The first kappa shape index (κ1) is 46.7. The Kier molecular flexibility index (Phi) is 10.1. The fraction of sp³-hybridized carbons (Fsp3) is 0.0488. The van der Waals surface area contributed by atoms with Crippen LogP contribution in [0.1, 0.15) is 89.0 Å². The number of allylic oxidation sites excluding steroid dienone is 4. The SMILES string of the molecule is c1ccc(C2(c3ccccc3)C3=C(c4cc5c(cc42)C2=C(c4ccc6ccccc6c4C2(c2ccccc2)c2ccccc2)C5(c2ccccc2)c2ccccc2)C(c2ccccc2)(c2ccccc2)c2cc4ccccc4cc23)cc1. The average Bonchev–Trinajstić information content (AvgIpc) is 2.27. The van der Waals surface area contributed by atoms with Gasteiger partial charge in [0.05, 0.1) is 21.7 Å². The summed E-state index contributed by atoms with van der Waals surface area (Å²) >= 11 is 0. The van der Waals surface area contributed by atoms with E-state index in [-0.39, 0.29) is 0 Å². The van der Waals surface area contributed by atoms with Crippen LogP contribution in [0.25, 0.3) is 43.8 Å². The van der Waals surface area contributed by atoms with Crippen LogP contribution in [0, 0.1) is 0 Å². The van der Waals surface area contributed by atoms with Crippen molar-refractivity contribution < 1.29 is 0 Å². The van der Waals surface area contributed by atoms with E-state index >= 15 is 0 Å². The maximum Gasteiger partial charge on any atom is 0.0722 e. The Morgan fingerprint density at radius 1 is 0.171 bits per heavy atom. The van der Waals surface area contributed by atoms with Gasteiger partial charge in [-0.15, -0.1) is 0 Å².